The van der Waals surface area contributed by atoms with Gasteiger partial charge in [0.15, 0.2) is 5.65 Å². The molecule has 150 valence electrons. The summed E-state index contributed by atoms with van der Waals surface area (Å²) in [5, 5.41) is 5.53. The van der Waals surface area contributed by atoms with Crippen LogP contribution in [-0.4, -0.2) is 34.3 Å². The molecular formula is C18H26N8O2. The van der Waals surface area contributed by atoms with Crippen molar-refractivity contribution in [1.29, 1.82) is 0 Å². The van der Waals surface area contributed by atoms with Gasteiger partial charge in [-0.05, 0) is 6.07 Å². The summed E-state index contributed by atoms with van der Waals surface area (Å²) >= 11 is 0. The molecule has 0 saturated carbocycles. The summed E-state index contributed by atoms with van der Waals surface area (Å²) in [5.74, 6) is 0.475. The van der Waals surface area contributed by atoms with Crippen molar-refractivity contribution in [3.63, 3.8) is 0 Å². The standard InChI is InChI=1S/C8H7N3O2.C6H7N5.2C2H6/c1-11-4-5-2-3-6(12)9-7(5)10-8(11)13;1-11-6-4(2-10-11)5(7)8-3-9-6;2*1-2/h2-4H,1H3,(H,9,10,12,13);2-3H,1H3,(H2,7,8,9);2*1-2H3. The molecule has 4 aromatic heterocycles. The molecule has 0 unspecified atom stereocenters. The minimum Gasteiger partial charge on any atom is -0.383 e. The van der Waals surface area contributed by atoms with Gasteiger partial charge < -0.3 is 15.3 Å². The van der Waals surface area contributed by atoms with Gasteiger partial charge in [-0.3, -0.25) is 9.48 Å². The Hall–Kier alpha value is -3.56. The molecule has 0 bridgehead atoms. The third kappa shape index (κ3) is 5.22. The summed E-state index contributed by atoms with van der Waals surface area (Å²) in [6.45, 7) is 8.00. The van der Waals surface area contributed by atoms with E-state index < -0.39 is 0 Å². The molecule has 0 spiro atoms. The zero-order chi connectivity index (χ0) is 21.3. The average Bonchev–Trinajstić information content (AvgIpc) is 3.09. The molecule has 10 nitrogen and oxygen atoms in total. The van der Waals surface area contributed by atoms with E-state index in [1.165, 1.54) is 17.0 Å². The molecule has 4 aromatic rings. The topological polar surface area (TPSA) is 137 Å². The molecule has 4 heterocycles. The fourth-order valence-electron chi connectivity index (χ4n) is 2.09. The number of fused-ring (bicyclic) bond motifs is 2. The van der Waals surface area contributed by atoms with Crippen molar-refractivity contribution in [3.05, 3.63) is 51.7 Å². The maximum atomic E-state index is 11.1. The first-order chi connectivity index (χ1) is 13.5. The van der Waals surface area contributed by atoms with E-state index in [2.05, 4.69) is 25.0 Å². The second kappa shape index (κ2) is 10.6. The van der Waals surface area contributed by atoms with E-state index in [0.29, 0.717) is 11.5 Å². The van der Waals surface area contributed by atoms with Crippen LogP contribution in [0.25, 0.3) is 22.1 Å². The van der Waals surface area contributed by atoms with Gasteiger partial charge in [0.2, 0.25) is 5.56 Å². The molecule has 10 heteroatoms. The number of aromatic amines is 1. The quantitative estimate of drug-likeness (QED) is 0.468. The molecule has 0 amide bonds. The number of anilines is 1. The third-order valence-corrected chi connectivity index (χ3v) is 3.33. The number of aromatic nitrogens is 7. The Morgan fingerprint density at radius 3 is 2.36 bits per heavy atom. The highest BCUT2D eigenvalue weighted by Gasteiger charge is 2.02. The van der Waals surface area contributed by atoms with Crippen LogP contribution in [0.5, 0.6) is 0 Å². The van der Waals surface area contributed by atoms with Gasteiger partial charge in [0.25, 0.3) is 0 Å². The minimum absolute atomic E-state index is 0.256. The lowest BCUT2D eigenvalue weighted by atomic mass is 10.3. The maximum absolute atomic E-state index is 11.1. The van der Waals surface area contributed by atoms with Gasteiger partial charge in [-0.25, -0.2) is 14.8 Å². The SMILES string of the molecule is CC.CC.Cn1cc2ccc(=O)[nH]c2nc1=O.Cn1ncc2c(N)ncnc21. The minimum atomic E-state index is -0.380. The number of hydrogen-bond donors (Lipinski definition) is 2. The first-order valence-corrected chi connectivity index (χ1v) is 8.90. The number of pyridine rings is 1. The number of nitrogens with one attached hydrogen (secondary N) is 1. The molecule has 0 fully saturated rings. The van der Waals surface area contributed by atoms with Gasteiger partial charge in [0.05, 0.1) is 11.6 Å². The maximum Gasteiger partial charge on any atom is 0.349 e. The van der Waals surface area contributed by atoms with Crippen LogP contribution in [0.15, 0.2) is 40.4 Å². The largest absolute Gasteiger partial charge is 0.383 e. The van der Waals surface area contributed by atoms with E-state index in [1.807, 2.05) is 34.7 Å². The Labute approximate surface area is 162 Å². The van der Waals surface area contributed by atoms with Crippen LogP contribution in [0.2, 0.25) is 0 Å². The molecule has 0 aliphatic rings. The predicted molar refractivity (Wildman–Crippen MR) is 111 cm³/mol. The van der Waals surface area contributed by atoms with Crippen LogP contribution in [0, 0.1) is 0 Å². The number of rotatable bonds is 0. The first-order valence-electron chi connectivity index (χ1n) is 8.90. The highest BCUT2D eigenvalue weighted by Crippen LogP contribution is 2.13. The molecule has 0 aliphatic heterocycles. The molecule has 4 rings (SSSR count). The summed E-state index contributed by atoms with van der Waals surface area (Å²) in [7, 11) is 3.43. The lowest BCUT2D eigenvalue weighted by molar-refractivity contribution is 0.785. The molecule has 28 heavy (non-hydrogen) atoms. The smallest absolute Gasteiger partial charge is 0.349 e. The van der Waals surface area contributed by atoms with E-state index in [9.17, 15) is 9.59 Å². The average molecular weight is 386 g/mol. The normalized spacial score (nSPS) is 9.50. The summed E-state index contributed by atoms with van der Waals surface area (Å²) in [6, 6.07) is 3.02. The zero-order valence-electron chi connectivity index (χ0n) is 17.0. The van der Waals surface area contributed by atoms with Crippen molar-refractivity contribution in [2.75, 3.05) is 5.73 Å². The van der Waals surface area contributed by atoms with Gasteiger partial charge in [-0.15, -0.1) is 0 Å². The van der Waals surface area contributed by atoms with Crippen LogP contribution in [0.1, 0.15) is 27.7 Å². The van der Waals surface area contributed by atoms with E-state index in [4.69, 9.17) is 5.73 Å². The third-order valence-electron chi connectivity index (χ3n) is 3.33. The summed E-state index contributed by atoms with van der Waals surface area (Å²) in [6.07, 6.45) is 4.71. The number of nitrogens with zero attached hydrogens (tertiary/aromatic N) is 6. The molecule has 0 aliphatic carbocycles. The summed E-state index contributed by atoms with van der Waals surface area (Å²) < 4.78 is 3.02. The highest BCUT2D eigenvalue weighted by atomic mass is 16.1. The van der Waals surface area contributed by atoms with Crippen molar-refractivity contribution in [3.8, 4) is 0 Å². The Morgan fingerprint density at radius 1 is 1.04 bits per heavy atom. The summed E-state index contributed by atoms with van der Waals surface area (Å²) in [4.78, 5) is 36.0. The van der Waals surface area contributed by atoms with Gasteiger partial charge in [-0.1, -0.05) is 27.7 Å². The second-order valence-electron chi connectivity index (χ2n) is 5.03. The van der Waals surface area contributed by atoms with Crippen molar-refractivity contribution in [1.82, 2.24) is 34.3 Å². The molecule has 0 radical (unpaired) electrons. The van der Waals surface area contributed by atoms with Gasteiger partial charge in [0.1, 0.15) is 17.8 Å². The van der Waals surface area contributed by atoms with E-state index in [-0.39, 0.29) is 11.2 Å². The van der Waals surface area contributed by atoms with Gasteiger partial charge in [-0.2, -0.15) is 10.1 Å². The first kappa shape index (κ1) is 22.5. The Morgan fingerprint density at radius 2 is 1.71 bits per heavy atom. The van der Waals surface area contributed by atoms with Crippen LogP contribution >= 0.6 is 0 Å². The number of nitrogen functional groups attached to an aromatic ring is 1. The monoisotopic (exact) mass is 386 g/mol. The molecular weight excluding hydrogens is 360 g/mol. The Balaban J connectivity index is 0.000000240. The predicted octanol–water partition coefficient (Wildman–Crippen LogP) is 1.62. The second-order valence-corrected chi connectivity index (χ2v) is 5.03. The molecule has 0 aromatic carbocycles. The molecule has 0 saturated heterocycles. The zero-order valence-corrected chi connectivity index (χ0v) is 17.0. The Kier molecular flexibility index (Phi) is 8.47. The van der Waals surface area contributed by atoms with E-state index >= 15 is 0 Å². The van der Waals surface area contributed by atoms with Crippen LogP contribution in [-0.2, 0) is 14.1 Å². The van der Waals surface area contributed by atoms with Crippen LogP contribution < -0.4 is 17.0 Å². The highest BCUT2D eigenvalue weighted by molar-refractivity contribution is 5.84. The van der Waals surface area contributed by atoms with Crippen LogP contribution in [0.4, 0.5) is 5.82 Å². The lowest BCUT2D eigenvalue weighted by Crippen LogP contribution is -2.20. The number of H-pyrrole nitrogens is 1. The lowest BCUT2D eigenvalue weighted by Gasteiger charge is -1.97. The van der Waals surface area contributed by atoms with Crippen molar-refractivity contribution in [2.45, 2.75) is 27.7 Å². The fraction of sp³-hybridized carbons (Fsp3) is 0.333. The van der Waals surface area contributed by atoms with Gasteiger partial charge >= 0.3 is 5.69 Å². The van der Waals surface area contributed by atoms with E-state index in [1.54, 1.807) is 30.2 Å². The van der Waals surface area contributed by atoms with Gasteiger partial charge in [0, 0.05) is 31.7 Å². The number of hydrogen-bond acceptors (Lipinski definition) is 7. The van der Waals surface area contributed by atoms with Crippen molar-refractivity contribution < 1.29 is 0 Å². The summed E-state index contributed by atoms with van der Waals surface area (Å²) in [5.41, 5.74) is 6.02. The fourth-order valence-corrected chi connectivity index (χ4v) is 2.09. The molecule has 3 N–H and O–H groups in total. The number of nitrogens with two attached hydrogens (primary N) is 1. The van der Waals surface area contributed by atoms with Crippen molar-refractivity contribution in [2.24, 2.45) is 14.1 Å². The number of aryl methyl sites for hydroxylation is 2. The Bertz CT molecular complexity index is 1140. The molecule has 0 atom stereocenters. The van der Waals surface area contributed by atoms with Crippen molar-refractivity contribution >= 4 is 27.9 Å². The van der Waals surface area contributed by atoms with E-state index in [0.717, 1.165) is 16.4 Å². The van der Waals surface area contributed by atoms with Crippen LogP contribution in [0.3, 0.4) is 0 Å².